The molecular weight excluding hydrogens is 370 g/mol. The highest BCUT2D eigenvalue weighted by molar-refractivity contribution is 6.00. The van der Waals surface area contributed by atoms with Crippen LogP contribution < -0.4 is 15.4 Å². The highest BCUT2D eigenvalue weighted by Gasteiger charge is 2.34. The Morgan fingerprint density at radius 2 is 2.07 bits per heavy atom. The molecule has 3 aromatic heterocycles. The molecule has 1 atom stereocenters. The van der Waals surface area contributed by atoms with Crippen molar-refractivity contribution in [2.45, 2.75) is 38.0 Å². The zero-order chi connectivity index (χ0) is 19.4. The normalized spacial score (nSPS) is 23.8. The number of pyridine rings is 1. The van der Waals surface area contributed by atoms with Crippen molar-refractivity contribution in [3.05, 3.63) is 47.4 Å². The third-order valence-electron chi connectivity index (χ3n) is 5.07. The number of nitrogens with zero attached hydrogens (tertiary/aromatic N) is 4. The first-order chi connectivity index (χ1) is 13.5. The molecule has 0 spiro atoms. The summed E-state index contributed by atoms with van der Waals surface area (Å²) in [5, 5.41) is 9.83. The molecule has 1 amide bonds. The third-order valence-corrected chi connectivity index (χ3v) is 5.07. The number of anilines is 1. The number of amides is 1. The molecule has 0 unspecified atom stereocenters. The summed E-state index contributed by atoms with van der Waals surface area (Å²) in [6, 6.07) is 0.709. The van der Waals surface area contributed by atoms with Crippen molar-refractivity contribution in [1.29, 1.82) is 0 Å². The molecule has 5 heterocycles. The fraction of sp³-hybridized carbons (Fsp3) is 0.333. The second kappa shape index (κ2) is 6.11. The molecule has 4 bridgehead atoms. The van der Waals surface area contributed by atoms with Crippen LogP contribution >= 0.6 is 0 Å². The third kappa shape index (κ3) is 2.72. The molecule has 3 aliphatic rings. The minimum atomic E-state index is -0.656. The summed E-state index contributed by atoms with van der Waals surface area (Å²) in [7, 11) is 0. The van der Waals surface area contributed by atoms with Gasteiger partial charge in [0.15, 0.2) is 17.3 Å². The van der Waals surface area contributed by atoms with E-state index in [1.807, 2.05) is 0 Å². The molecule has 28 heavy (non-hydrogen) atoms. The Kier molecular flexibility index (Phi) is 3.68. The Balaban J connectivity index is 1.63. The molecule has 1 aliphatic carbocycles. The Labute approximate surface area is 157 Å². The highest BCUT2D eigenvalue weighted by Crippen LogP contribution is 2.32. The molecule has 0 radical (unpaired) electrons. The first kappa shape index (κ1) is 16.8. The monoisotopic (exact) mass is 386 g/mol. The standard InChI is InChI=1S/C18H16F2N6O2/c1-8-12-2-9(19)5-21-18(12)28-11-3-10(4-11)24-17(27)13-6-22-26-7-14(20)15(23-8)25-16(13)26/h2,5-8,10-11H,3-4H2,1H3,(H,23,25)(H,24,27)/t8-,10?,11?/m1/s1. The van der Waals surface area contributed by atoms with Gasteiger partial charge in [-0.2, -0.15) is 5.10 Å². The molecule has 2 N–H and O–H groups in total. The summed E-state index contributed by atoms with van der Waals surface area (Å²) in [6.45, 7) is 1.73. The molecule has 1 fully saturated rings. The predicted octanol–water partition coefficient (Wildman–Crippen LogP) is 2.23. The SMILES string of the molecule is C[C@H]1Nc2nc3c(cnn3cc2F)C(=O)NC2CC(C2)Oc2ncc(F)cc21. The summed E-state index contributed by atoms with van der Waals surface area (Å²) in [4.78, 5) is 20.9. The van der Waals surface area contributed by atoms with E-state index < -0.39 is 17.7 Å². The number of hydrogen-bond donors (Lipinski definition) is 2. The van der Waals surface area contributed by atoms with Crippen molar-refractivity contribution < 1.29 is 18.3 Å². The van der Waals surface area contributed by atoms with Gasteiger partial charge in [0.05, 0.1) is 24.6 Å². The number of aromatic nitrogens is 4. The second-order valence-corrected chi connectivity index (χ2v) is 7.06. The highest BCUT2D eigenvalue weighted by atomic mass is 19.1. The molecule has 3 aromatic rings. The van der Waals surface area contributed by atoms with E-state index in [0.717, 1.165) is 12.4 Å². The lowest BCUT2D eigenvalue weighted by Gasteiger charge is -2.36. The van der Waals surface area contributed by atoms with Crippen molar-refractivity contribution in [1.82, 2.24) is 24.9 Å². The Bertz CT molecular complexity index is 1100. The van der Waals surface area contributed by atoms with Gasteiger partial charge in [0.2, 0.25) is 5.88 Å². The topological polar surface area (TPSA) is 93.4 Å². The van der Waals surface area contributed by atoms with Crippen LogP contribution in [0.3, 0.4) is 0 Å². The zero-order valence-corrected chi connectivity index (χ0v) is 14.8. The summed E-state index contributed by atoms with van der Waals surface area (Å²) in [5.74, 6) is -1.30. The van der Waals surface area contributed by atoms with E-state index in [1.54, 1.807) is 6.92 Å². The molecule has 10 heteroatoms. The lowest BCUT2D eigenvalue weighted by molar-refractivity contribution is 0.0671. The molecule has 1 saturated carbocycles. The van der Waals surface area contributed by atoms with E-state index >= 15 is 0 Å². The van der Waals surface area contributed by atoms with E-state index in [0.29, 0.717) is 18.4 Å². The van der Waals surface area contributed by atoms with Crippen molar-refractivity contribution in [2.24, 2.45) is 0 Å². The van der Waals surface area contributed by atoms with Crippen molar-refractivity contribution >= 4 is 17.4 Å². The van der Waals surface area contributed by atoms with Gasteiger partial charge >= 0.3 is 0 Å². The van der Waals surface area contributed by atoms with Crippen LogP contribution in [0.4, 0.5) is 14.6 Å². The van der Waals surface area contributed by atoms with E-state index in [1.165, 1.54) is 16.8 Å². The van der Waals surface area contributed by atoms with Crippen molar-refractivity contribution in [3.63, 3.8) is 0 Å². The molecule has 8 nitrogen and oxygen atoms in total. The van der Waals surface area contributed by atoms with Crippen LogP contribution in [0.25, 0.3) is 5.65 Å². The lowest BCUT2D eigenvalue weighted by atomic mass is 9.89. The van der Waals surface area contributed by atoms with E-state index in [9.17, 15) is 13.6 Å². The van der Waals surface area contributed by atoms with Crippen LogP contribution in [0.2, 0.25) is 0 Å². The first-order valence-electron chi connectivity index (χ1n) is 8.91. The molecule has 6 rings (SSSR count). The van der Waals surface area contributed by atoms with Gasteiger partial charge in [0.25, 0.3) is 5.91 Å². The van der Waals surface area contributed by atoms with Crippen molar-refractivity contribution in [2.75, 3.05) is 5.32 Å². The van der Waals surface area contributed by atoms with E-state index in [4.69, 9.17) is 4.74 Å². The maximum absolute atomic E-state index is 14.5. The van der Waals surface area contributed by atoms with E-state index in [2.05, 4.69) is 25.7 Å². The minimum absolute atomic E-state index is 0.0604. The Hall–Kier alpha value is -3.30. The van der Waals surface area contributed by atoms with Gasteiger partial charge < -0.3 is 15.4 Å². The Morgan fingerprint density at radius 3 is 2.89 bits per heavy atom. The first-order valence-corrected chi connectivity index (χ1v) is 8.91. The van der Waals surface area contributed by atoms with Gasteiger partial charge in [-0.15, -0.1) is 0 Å². The largest absolute Gasteiger partial charge is 0.474 e. The number of halogens is 2. The summed E-state index contributed by atoms with van der Waals surface area (Å²) >= 11 is 0. The van der Waals surface area contributed by atoms with Gasteiger partial charge in [-0.1, -0.05) is 0 Å². The van der Waals surface area contributed by atoms with Crippen LogP contribution in [0.1, 0.15) is 41.7 Å². The average molecular weight is 386 g/mol. The molecule has 0 saturated heterocycles. The summed E-state index contributed by atoms with van der Waals surface area (Å²) in [5.41, 5.74) is 0.944. The van der Waals surface area contributed by atoms with Crippen molar-refractivity contribution in [3.8, 4) is 5.88 Å². The van der Waals surface area contributed by atoms with Crippen LogP contribution in [0.5, 0.6) is 5.88 Å². The van der Waals surface area contributed by atoms with Gasteiger partial charge in [0.1, 0.15) is 17.5 Å². The molecule has 144 valence electrons. The Morgan fingerprint density at radius 1 is 1.25 bits per heavy atom. The summed E-state index contributed by atoms with van der Waals surface area (Å²) < 4.78 is 35.4. The predicted molar refractivity (Wildman–Crippen MR) is 94.1 cm³/mol. The molecule has 2 aliphatic heterocycles. The summed E-state index contributed by atoms with van der Waals surface area (Å²) in [6.07, 6.45) is 4.66. The average Bonchev–Trinajstić information content (AvgIpc) is 3.03. The van der Waals surface area contributed by atoms with Crippen LogP contribution in [-0.2, 0) is 0 Å². The maximum Gasteiger partial charge on any atom is 0.256 e. The second-order valence-electron chi connectivity index (χ2n) is 7.06. The zero-order valence-electron chi connectivity index (χ0n) is 14.8. The number of ether oxygens (including phenoxy) is 1. The van der Waals surface area contributed by atoms with E-state index in [-0.39, 0.29) is 41.0 Å². The number of hydrogen-bond acceptors (Lipinski definition) is 6. The van der Waals surface area contributed by atoms with Gasteiger partial charge in [-0.3, -0.25) is 4.79 Å². The lowest BCUT2D eigenvalue weighted by Crippen LogP contribution is -2.49. The number of rotatable bonds is 0. The quantitative estimate of drug-likeness (QED) is 0.616. The molecular formula is C18H16F2N6O2. The van der Waals surface area contributed by atoms with Gasteiger partial charge in [-0.25, -0.2) is 23.3 Å². The molecule has 0 aromatic carbocycles. The number of nitrogens with one attached hydrogen (secondary N) is 2. The van der Waals surface area contributed by atoms with Crippen LogP contribution in [-0.4, -0.2) is 37.6 Å². The van der Waals surface area contributed by atoms with Gasteiger partial charge in [0, 0.05) is 24.4 Å². The smallest absolute Gasteiger partial charge is 0.256 e. The van der Waals surface area contributed by atoms with Gasteiger partial charge in [-0.05, 0) is 13.0 Å². The number of carbonyl (C=O) groups is 1. The number of fused-ring (bicyclic) bond motifs is 2. The van der Waals surface area contributed by atoms with Crippen LogP contribution in [0, 0.1) is 11.6 Å². The fourth-order valence-electron chi connectivity index (χ4n) is 3.49. The maximum atomic E-state index is 14.5. The minimum Gasteiger partial charge on any atom is -0.474 e. The number of carbonyl (C=O) groups excluding carboxylic acids is 1. The van der Waals surface area contributed by atoms with Crippen LogP contribution in [0.15, 0.2) is 24.7 Å². The fourth-order valence-corrected chi connectivity index (χ4v) is 3.49.